The third-order valence-corrected chi connectivity index (χ3v) is 4.07. The molecule has 114 valence electrons. The van der Waals surface area contributed by atoms with Gasteiger partial charge >= 0.3 is 0 Å². The average Bonchev–Trinajstić information content (AvgIpc) is 3.08. The molecule has 3 nitrogen and oxygen atoms in total. The summed E-state index contributed by atoms with van der Waals surface area (Å²) in [6, 6.07) is 13.8. The number of methoxy groups -OCH3 is 1. The molecule has 2 aromatic rings. The van der Waals surface area contributed by atoms with Gasteiger partial charge in [0, 0.05) is 24.3 Å². The van der Waals surface area contributed by atoms with Crippen LogP contribution in [0.25, 0.3) is 0 Å². The number of hydrogen-bond donors (Lipinski definition) is 1. The molecule has 0 aromatic heterocycles. The fourth-order valence-corrected chi connectivity index (χ4v) is 2.80. The predicted octanol–water partition coefficient (Wildman–Crippen LogP) is 3.46. The molecule has 0 amide bonds. The zero-order valence-corrected chi connectivity index (χ0v) is 13.0. The van der Waals surface area contributed by atoms with Crippen molar-refractivity contribution in [3.05, 3.63) is 71.3 Å². The van der Waals surface area contributed by atoms with Crippen molar-refractivity contribution in [2.75, 3.05) is 25.1 Å². The van der Waals surface area contributed by atoms with Gasteiger partial charge in [-0.2, -0.15) is 0 Å². The van der Waals surface area contributed by atoms with E-state index in [2.05, 4.69) is 36.1 Å². The van der Waals surface area contributed by atoms with E-state index in [0.717, 1.165) is 35.7 Å². The summed E-state index contributed by atoms with van der Waals surface area (Å²) in [4.78, 5) is 2.27. The molecule has 1 aliphatic heterocycles. The van der Waals surface area contributed by atoms with Gasteiger partial charge < -0.3 is 14.7 Å². The lowest BCUT2D eigenvalue weighted by Crippen LogP contribution is -2.21. The molecule has 22 heavy (non-hydrogen) atoms. The van der Waals surface area contributed by atoms with Gasteiger partial charge in [0.2, 0.25) is 0 Å². The van der Waals surface area contributed by atoms with E-state index < -0.39 is 6.10 Å². The topological polar surface area (TPSA) is 32.7 Å². The second kappa shape index (κ2) is 6.24. The number of nitrogens with zero attached hydrogens (tertiary/aromatic N) is 1. The van der Waals surface area contributed by atoms with Crippen molar-refractivity contribution in [3.8, 4) is 5.75 Å². The van der Waals surface area contributed by atoms with E-state index in [1.165, 1.54) is 5.56 Å². The lowest BCUT2D eigenvalue weighted by atomic mass is 9.98. The zero-order chi connectivity index (χ0) is 15.5. The Hall–Kier alpha value is -2.26. The van der Waals surface area contributed by atoms with Crippen molar-refractivity contribution in [1.29, 1.82) is 0 Å². The number of aryl methyl sites for hydroxylation is 1. The second-order valence-electron chi connectivity index (χ2n) is 5.61. The highest BCUT2D eigenvalue weighted by Gasteiger charge is 2.19. The van der Waals surface area contributed by atoms with Crippen molar-refractivity contribution >= 4 is 5.69 Å². The molecular formula is C19H21NO2. The Kier molecular flexibility index (Phi) is 4.16. The van der Waals surface area contributed by atoms with Crippen LogP contribution >= 0.6 is 0 Å². The maximum atomic E-state index is 10.8. The van der Waals surface area contributed by atoms with Crippen LogP contribution < -0.4 is 9.64 Å². The number of benzene rings is 2. The van der Waals surface area contributed by atoms with Crippen LogP contribution in [-0.4, -0.2) is 25.3 Å². The van der Waals surface area contributed by atoms with Crippen molar-refractivity contribution in [2.45, 2.75) is 13.0 Å². The number of hydrogen-bond acceptors (Lipinski definition) is 3. The monoisotopic (exact) mass is 295 g/mol. The van der Waals surface area contributed by atoms with Gasteiger partial charge in [-0.1, -0.05) is 36.4 Å². The normalized spacial score (nSPS) is 15.1. The molecular weight excluding hydrogens is 274 g/mol. The Morgan fingerprint density at radius 1 is 1.05 bits per heavy atom. The summed E-state index contributed by atoms with van der Waals surface area (Å²) in [6.45, 7) is 3.87. The average molecular weight is 295 g/mol. The molecule has 3 heteroatoms. The number of aliphatic hydroxyl groups is 1. The second-order valence-corrected chi connectivity index (χ2v) is 5.61. The molecule has 0 radical (unpaired) electrons. The van der Waals surface area contributed by atoms with Crippen LogP contribution in [0.1, 0.15) is 22.8 Å². The number of ether oxygens (including phenoxy) is 1. The highest BCUT2D eigenvalue weighted by atomic mass is 16.5. The first-order chi connectivity index (χ1) is 10.7. The largest absolute Gasteiger partial charge is 0.497 e. The SMILES string of the molecule is COc1ccc([C@H](O)c2ccc(C)cc2N2CC=CC2)cc1. The Labute approximate surface area is 131 Å². The Morgan fingerprint density at radius 2 is 1.73 bits per heavy atom. The molecule has 2 aromatic carbocycles. The maximum Gasteiger partial charge on any atom is 0.118 e. The van der Waals surface area contributed by atoms with Crippen LogP contribution in [0, 0.1) is 6.92 Å². The standard InChI is InChI=1S/C19H21NO2/c1-14-5-10-17(18(13-14)20-11-3-4-12-20)19(21)15-6-8-16(22-2)9-7-15/h3-10,13,19,21H,11-12H2,1-2H3/t19-/m0/s1. The molecule has 0 spiro atoms. The van der Waals surface area contributed by atoms with E-state index in [1.54, 1.807) is 7.11 Å². The van der Waals surface area contributed by atoms with E-state index in [0.29, 0.717) is 0 Å². The minimum Gasteiger partial charge on any atom is -0.497 e. The van der Waals surface area contributed by atoms with Gasteiger partial charge in [-0.05, 0) is 36.2 Å². The van der Waals surface area contributed by atoms with Crippen LogP contribution in [0.4, 0.5) is 5.69 Å². The highest BCUT2D eigenvalue weighted by Crippen LogP contribution is 2.33. The third-order valence-electron chi connectivity index (χ3n) is 4.07. The first-order valence-corrected chi connectivity index (χ1v) is 7.51. The molecule has 0 unspecified atom stereocenters. The molecule has 0 fully saturated rings. The number of rotatable bonds is 4. The van der Waals surface area contributed by atoms with Gasteiger partial charge in [-0.3, -0.25) is 0 Å². The maximum absolute atomic E-state index is 10.8. The number of aliphatic hydroxyl groups excluding tert-OH is 1. The molecule has 0 bridgehead atoms. The van der Waals surface area contributed by atoms with Gasteiger partial charge in [-0.25, -0.2) is 0 Å². The van der Waals surface area contributed by atoms with Gasteiger partial charge in [0.1, 0.15) is 11.9 Å². The van der Waals surface area contributed by atoms with Gasteiger partial charge in [0.25, 0.3) is 0 Å². The van der Waals surface area contributed by atoms with E-state index in [-0.39, 0.29) is 0 Å². The van der Waals surface area contributed by atoms with Crippen molar-refractivity contribution in [2.24, 2.45) is 0 Å². The third kappa shape index (κ3) is 2.85. The molecule has 0 saturated carbocycles. The van der Waals surface area contributed by atoms with E-state index in [4.69, 9.17) is 4.74 Å². The lowest BCUT2D eigenvalue weighted by molar-refractivity contribution is 0.220. The minimum absolute atomic E-state index is 0.637. The molecule has 1 N–H and O–H groups in total. The van der Waals surface area contributed by atoms with Crippen LogP contribution in [-0.2, 0) is 0 Å². The summed E-state index contributed by atoms with van der Waals surface area (Å²) in [5.41, 5.74) is 4.12. The first-order valence-electron chi connectivity index (χ1n) is 7.51. The van der Waals surface area contributed by atoms with Crippen LogP contribution in [0.2, 0.25) is 0 Å². The van der Waals surface area contributed by atoms with Crippen molar-refractivity contribution in [3.63, 3.8) is 0 Å². The summed E-state index contributed by atoms with van der Waals surface area (Å²) in [7, 11) is 1.64. The van der Waals surface area contributed by atoms with Crippen molar-refractivity contribution in [1.82, 2.24) is 0 Å². The van der Waals surface area contributed by atoms with Crippen LogP contribution in [0.15, 0.2) is 54.6 Å². The van der Waals surface area contributed by atoms with Crippen LogP contribution in [0.3, 0.4) is 0 Å². The van der Waals surface area contributed by atoms with E-state index in [1.807, 2.05) is 30.3 Å². The van der Waals surface area contributed by atoms with Crippen molar-refractivity contribution < 1.29 is 9.84 Å². The Balaban J connectivity index is 1.95. The van der Waals surface area contributed by atoms with E-state index in [9.17, 15) is 5.11 Å². The Bertz CT molecular complexity index is 668. The smallest absolute Gasteiger partial charge is 0.118 e. The summed E-state index contributed by atoms with van der Waals surface area (Å²) in [6.07, 6.45) is 3.68. The lowest BCUT2D eigenvalue weighted by Gasteiger charge is -2.25. The Morgan fingerprint density at radius 3 is 2.36 bits per heavy atom. The molecule has 1 heterocycles. The zero-order valence-electron chi connectivity index (χ0n) is 13.0. The summed E-state index contributed by atoms with van der Waals surface area (Å²) in [5, 5.41) is 10.8. The number of anilines is 1. The van der Waals surface area contributed by atoms with Gasteiger partial charge in [-0.15, -0.1) is 0 Å². The molecule has 1 atom stereocenters. The fourth-order valence-electron chi connectivity index (χ4n) is 2.80. The summed E-state index contributed by atoms with van der Waals surface area (Å²) < 4.78 is 5.18. The van der Waals surface area contributed by atoms with E-state index >= 15 is 0 Å². The van der Waals surface area contributed by atoms with Gasteiger partial charge in [0.05, 0.1) is 7.11 Å². The predicted molar refractivity (Wildman–Crippen MR) is 89.6 cm³/mol. The first kappa shape index (κ1) is 14.7. The molecule has 0 saturated heterocycles. The fraction of sp³-hybridized carbons (Fsp3) is 0.263. The quantitative estimate of drug-likeness (QED) is 0.877. The van der Waals surface area contributed by atoms with Gasteiger partial charge in [0.15, 0.2) is 0 Å². The summed E-state index contributed by atoms with van der Waals surface area (Å²) >= 11 is 0. The highest BCUT2D eigenvalue weighted by molar-refractivity contribution is 5.59. The molecule has 0 aliphatic carbocycles. The molecule has 3 rings (SSSR count). The van der Waals surface area contributed by atoms with Crippen LogP contribution in [0.5, 0.6) is 5.75 Å². The minimum atomic E-state index is -0.637. The summed E-state index contributed by atoms with van der Waals surface area (Å²) in [5.74, 6) is 0.795. The molecule has 1 aliphatic rings.